The van der Waals surface area contributed by atoms with Crippen LogP contribution in [0.5, 0.6) is 0 Å². The smallest absolute Gasteiger partial charge is 0.356 e. The van der Waals surface area contributed by atoms with E-state index in [1.54, 1.807) is 24.9 Å². The standard InChI is InChI=1S/C18H18ClN5O3/c1-3-27-18(26)16-8-15(22-23(16)2)17(25)21-13-9-20-24(11-13)10-12-6-4-5-7-14(12)19/h4-9,11H,3,10H2,1-2H3,(H,21,25). The van der Waals surface area contributed by atoms with E-state index in [1.165, 1.54) is 16.9 Å². The SMILES string of the molecule is CCOC(=O)c1cc(C(=O)Nc2cnn(Cc3ccccc3Cl)c2)nn1C. The lowest BCUT2D eigenvalue weighted by molar-refractivity contribution is 0.0513. The van der Waals surface area contributed by atoms with E-state index in [4.69, 9.17) is 16.3 Å². The van der Waals surface area contributed by atoms with Gasteiger partial charge in [-0.2, -0.15) is 10.2 Å². The van der Waals surface area contributed by atoms with E-state index in [0.29, 0.717) is 17.3 Å². The number of rotatable bonds is 6. The van der Waals surface area contributed by atoms with Gasteiger partial charge in [-0.05, 0) is 18.6 Å². The Kier molecular flexibility index (Phi) is 5.56. The second kappa shape index (κ2) is 8.05. The fourth-order valence-electron chi connectivity index (χ4n) is 2.49. The number of carbonyl (C=O) groups is 2. The Labute approximate surface area is 160 Å². The molecule has 3 rings (SSSR count). The summed E-state index contributed by atoms with van der Waals surface area (Å²) < 4.78 is 7.91. The Morgan fingerprint density at radius 2 is 2.07 bits per heavy atom. The summed E-state index contributed by atoms with van der Waals surface area (Å²) in [6.45, 7) is 2.43. The Morgan fingerprint density at radius 1 is 1.30 bits per heavy atom. The lowest BCUT2D eigenvalue weighted by atomic mass is 10.2. The van der Waals surface area contributed by atoms with Crippen molar-refractivity contribution in [2.75, 3.05) is 11.9 Å². The molecule has 0 radical (unpaired) electrons. The van der Waals surface area contributed by atoms with Gasteiger partial charge in [0.05, 0.1) is 25.0 Å². The molecule has 2 aromatic heterocycles. The van der Waals surface area contributed by atoms with Crippen LogP contribution in [-0.4, -0.2) is 38.0 Å². The van der Waals surface area contributed by atoms with Crippen LogP contribution in [0, 0.1) is 0 Å². The minimum atomic E-state index is -0.529. The first-order valence-corrected chi connectivity index (χ1v) is 8.64. The van der Waals surface area contributed by atoms with Crippen molar-refractivity contribution in [3.05, 3.63) is 64.7 Å². The molecular formula is C18H18ClN5O3. The normalized spacial score (nSPS) is 10.6. The van der Waals surface area contributed by atoms with Gasteiger partial charge in [-0.1, -0.05) is 29.8 Å². The molecule has 0 atom stereocenters. The van der Waals surface area contributed by atoms with Crippen molar-refractivity contribution in [3.63, 3.8) is 0 Å². The molecule has 0 aliphatic carbocycles. The summed E-state index contributed by atoms with van der Waals surface area (Å²) >= 11 is 6.15. The van der Waals surface area contributed by atoms with Crippen LogP contribution >= 0.6 is 11.6 Å². The molecule has 1 N–H and O–H groups in total. The molecule has 1 amide bonds. The van der Waals surface area contributed by atoms with Crippen molar-refractivity contribution in [3.8, 4) is 0 Å². The second-order valence-electron chi connectivity index (χ2n) is 5.73. The van der Waals surface area contributed by atoms with Crippen molar-refractivity contribution in [1.82, 2.24) is 19.6 Å². The molecule has 2 heterocycles. The number of aromatic nitrogens is 4. The van der Waals surface area contributed by atoms with E-state index in [2.05, 4.69) is 15.5 Å². The first-order valence-electron chi connectivity index (χ1n) is 8.26. The number of benzene rings is 1. The van der Waals surface area contributed by atoms with Crippen molar-refractivity contribution in [2.45, 2.75) is 13.5 Å². The summed E-state index contributed by atoms with van der Waals surface area (Å²) in [6, 6.07) is 8.87. The number of anilines is 1. The average molecular weight is 388 g/mol. The number of nitrogens with one attached hydrogen (secondary N) is 1. The van der Waals surface area contributed by atoms with Gasteiger partial charge in [0.25, 0.3) is 5.91 Å². The third kappa shape index (κ3) is 4.35. The van der Waals surface area contributed by atoms with Crippen LogP contribution in [0.25, 0.3) is 0 Å². The number of nitrogens with zero attached hydrogens (tertiary/aromatic N) is 4. The van der Waals surface area contributed by atoms with E-state index < -0.39 is 11.9 Å². The number of amides is 1. The van der Waals surface area contributed by atoms with Gasteiger partial charge in [0.2, 0.25) is 0 Å². The minimum absolute atomic E-state index is 0.111. The molecule has 0 aliphatic heterocycles. The number of carbonyl (C=O) groups excluding carboxylic acids is 2. The lowest BCUT2D eigenvalue weighted by Crippen LogP contribution is -2.12. The van der Waals surface area contributed by atoms with E-state index in [9.17, 15) is 9.59 Å². The summed E-state index contributed by atoms with van der Waals surface area (Å²) in [5.41, 5.74) is 1.75. The number of esters is 1. The Balaban J connectivity index is 1.68. The van der Waals surface area contributed by atoms with Gasteiger partial charge in [0, 0.05) is 24.3 Å². The highest BCUT2D eigenvalue weighted by Crippen LogP contribution is 2.17. The fourth-order valence-corrected chi connectivity index (χ4v) is 2.68. The maximum absolute atomic E-state index is 12.4. The molecule has 0 spiro atoms. The molecule has 140 valence electrons. The van der Waals surface area contributed by atoms with Gasteiger partial charge in [-0.3, -0.25) is 14.2 Å². The Hall–Kier alpha value is -3.13. The highest BCUT2D eigenvalue weighted by atomic mass is 35.5. The van der Waals surface area contributed by atoms with Gasteiger partial charge in [0.15, 0.2) is 5.69 Å². The number of halogens is 1. The summed E-state index contributed by atoms with van der Waals surface area (Å²) in [5, 5.41) is 11.6. The van der Waals surface area contributed by atoms with Crippen molar-refractivity contribution in [2.24, 2.45) is 7.05 Å². The van der Waals surface area contributed by atoms with Crippen LogP contribution in [0.4, 0.5) is 5.69 Å². The molecule has 8 nitrogen and oxygen atoms in total. The molecule has 3 aromatic rings. The maximum atomic E-state index is 12.4. The number of ether oxygens (including phenoxy) is 1. The highest BCUT2D eigenvalue weighted by molar-refractivity contribution is 6.31. The lowest BCUT2D eigenvalue weighted by Gasteiger charge is -2.03. The molecule has 0 bridgehead atoms. The van der Waals surface area contributed by atoms with Crippen LogP contribution in [0.1, 0.15) is 33.5 Å². The topological polar surface area (TPSA) is 91.0 Å². The molecular weight excluding hydrogens is 370 g/mol. The first kappa shape index (κ1) is 18.7. The zero-order chi connectivity index (χ0) is 19.4. The Bertz CT molecular complexity index is 979. The average Bonchev–Trinajstić information content (AvgIpc) is 3.23. The number of aryl methyl sites for hydroxylation is 1. The third-order valence-electron chi connectivity index (χ3n) is 3.78. The van der Waals surface area contributed by atoms with Crippen LogP contribution in [0.2, 0.25) is 5.02 Å². The molecule has 0 saturated heterocycles. The molecule has 1 aromatic carbocycles. The zero-order valence-electron chi connectivity index (χ0n) is 14.8. The van der Waals surface area contributed by atoms with E-state index in [1.807, 2.05) is 24.3 Å². The van der Waals surface area contributed by atoms with Crippen LogP contribution in [-0.2, 0) is 18.3 Å². The second-order valence-corrected chi connectivity index (χ2v) is 6.14. The zero-order valence-corrected chi connectivity index (χ0v) is 15.6. The molecule has 9 heteroatoms. The number of hydrogen-bond donors (Lipinski definition) is 1. The number of hydrogen-bond acceptors (Lipinski definition) is 5. The summed E-state index contributed by atoms with van der Waals surface area (Å²) in [7, 11) is 1.57. The minimum Gasteiger partial charge on any atom is -0.461 e. The highest BCUT2D eigenvalue weighted by Gasteiger charge is 2.19. The summed E-state index contributed by atoms with van der Waals surface area (Å²) in [4.78, 5) is 24.2. The van der Waals surface area contributed by atoms with Gasteiger partial charge in [0.1, 0.15) is 5.69 Å². The largest absolute Gasteiger partial charge is 0.461 e. The van der Waals surface area contributed by atoms with Crippen molar-refractivity contribution >= 4 is 29.2 Å². The van der Waals surface area contributed by atoms with Gasteiger partial charge >= 0.3 is 5.97 Å². The predicted octanol–water partition coefficient (Wildman–Crippen LogP) is 2.75. The predicted molar refractivity (Wildman–Crippen MR) is 99.9 cm³/mol. The van der Waals surface area contributed by atoms with E-state index >= 15 is 0 Å². The first-order chi connectivity index (χ1) is 13.0. The van der Waals surface area contributed by atoms with Crippen LogP contribution < -0.4 is 5.32 Å². The van der Waals surface area contributed by atoms with Gasteiger partial charge in [-0.15, -0.1) is 0 Å². The van der Waals surface area contributed by atoms with Crippen LogP contribution in [0.3, 0.4) is 0 Å². The van der Waals surface area contributed by atoms with Crippen molar-refractivity contribution < 1.29 is 14.3 Å². The van der Waals surface area contributed by atoms with E-state index in [0.717, 1.165) is 5.56 Å². The quantitative estimate of drug-likeness (QED) is 0.657. The van der Waals surface area contributed by atoms with Gasteiger partial charge in [-0.25, -0.2) is 4.79 Å². The molecule has 0 unspecified atom stereocenters. The molecule has 27 heavy (non-hydrogen) atoms. The molecule has 0 fully saturated rings. The third-order valence-corrected chi connectivity index (χ3v) is 4.15. The van der Waals surface area contributed by atoms with Crippen molar-refractivity contribution in [1.29, 1.82) is 0 Å². The molecule has 0 aliphatic rings. The Morgan fingerprint density at radius 3 is 2.81 bits per heavy atom. The van der Waals surface area contributed by atoms with E-state index in [-0.39, 0.29) is 18.0 Å². The maximum Gasteiger partial charge on any atom is 0.356 e. The fraction of sp³-hybridized carbons (Fsp3) is 0.222. The summed E-state index contributed by atoms with van der Waals surface area (Å²) in [5.74, 6) is -0.974. The molecule has 0 saturated carbocycles. The van der Waals surface area contributed by atoms with Crippen LogP contribution in [0.15, 0.2) is 42.7 Å². The van der Waals surface area contributed by atoms with Gasteiger partial charge < -0.3 is 10.1 Å². The monoisotopic (exact) mass is 387 g/mol. The summed E-state index contributed by atoms with van der Waals surface area (Å²) in [6.07, 6.45) is 3.22.